The molecule has 0 aliphatic carbocycles. The zero-order valence-corrected chi connectivity index (χ0v) is 9.52. The zero-order chi connectivity index (χ0) is 13.1. The minimum absolute atomic E-state index is 0.120. The van der Waals surface area contributed by atoms with Gasteiger partial charge in [-0.2, -0.15) is 5.26 Å². The number of nitro groups is 1. The Labute approximate surface area is 99.2 Å². The number of nitriles is 1. The third-order valence-corrected chi connectivity index (χ3v) is 2.14. The number of hydrogen-bond acceptors (Lipinski definition) is 4. The number of non-ortho nitro benzene ring substituents is 1. The van der Waals surface area contributed by atoms with Crippen molar-refractivity contribution >= 4 is 11.4 Å². The Bertz CT molecular complexity index is 536. The lowest BCUT2D eigenvalue weighted by Gasteiger charge is -2.21. The maximum Gasteiger partial charge on any atom is 0.270 e. The molecule has 0 aromatic heterocycles. The van der Waals surface area contributed by atoms with Crippen LogP contribution in [0.1, 0.15) is 19.4 Å². The molecule has 0 fully saturated rings. The summed E-state index contributed by atoms with van der Waals surface area (Å²) in [4.78, 5) is 10.0. The highest BCUT2D eigenvalue weighted by molar-refractivity contribution is 5.63. The molecule has 0 bridgehead atoms. The molecule has 0 atom stereocenters. The number of hydrogen-bond donors (Lipinski definition) is 1. The zero-order valence-electron chi connectivity index (χ0n) is 9.52. The van der Waals surface area contributed by atoms with Crippen molar-refractivity contribution in [2.75, 3.05) is 5.32 Å². The van der Waals surface area contributed by atoms with Crippen molar-refractivity contribution in [1.82, 2.24) is 0 Å². The van der Waals surface area contributed by atoms with Gasteiger partial charge < -0.3 is 5.32 Å². The lowest BCUT2D eigenvalue weighted by molar-refractivity contribution is -0.384. The van der Waals surface area contributed by atoms with E-state index >= 15 is 0 Å². The van der Waals surface area contributed by atoms with Crippen LogP contribution in [0.2, 0.25) is 0 Å². The number of rotatable bonds is 3. The van der Waals surface area contributed by atoms with E-state index in [2.05, 4.69) is 11.2 Å². The lowest BCUT2D eigenvalue weighted by Crippen LogP contribution is -2.28. The minimum Gasteiger partial charge on any atom is -0.368 e. The van der Waals surface area contributed by atoms with Crippen molar-refractivity contribution in [3.8, 4) is 18.4 Å². The van der Waals surface area contributed by atoms with E-state index in [1.807, 2.05) is 6.07 Å². The van der Waals surface area contributed by atoms with Gasteiger partial charge in [-0.25, -0.2) is 0 Å². The van der Waals surface area contributed by atoms with Crippen LogP contribution in [0.15, 0.2) is 18.2 Å². The fourth-order valence-corrected chi connectivity index (χ4v) is 1.22. The summed E-state index contributed by atoms with van der Waals surface area (Å²) in [5, 5.41) is 22.5. The smallest absolute Gasteiger partial charge is 0.270 e. The third kappa shape index (κ3) is 2.96. The average Bonchev–Trinajstić information content (AvgIpc) is 2.29. The van der Waals surface area contributed by atoms with Gasteiger partial charge in [-0.05, 0) is 19.9 Å². The summed E-state index contributed by atoms with van der Waals surface area (Å²) >= 11 is 0. The fourth-order valence-electron chi connectivity index (χ4n) is 1.22. The molecule has 0 radical (unpaired) electrons. The number of benzene rings is 1. The summed E-state index contributed by atoms with van der Waals surface area (Å²) < 4.78 is 0. The molecule has 17 heavy (non-hydrogen) atoms. The van der Waals surface area contributed by atoms with Crippen molar-refractivity contribution in [2.45, 2.75) is 19.4 Å². The van der Waals surface area contributed by atoms with Crippen LogP contribution in [0, 0.1) is 33.8 Å². The molecular weight excluding hydrogens is 218 g/mol. The highest BCUT2D eigenvalue weighted by Crippen LogP contribution is 2.23. The highest BCUT2D eigenvalue weighted by Gasteiger charge is 2.17. The van der Waals surface area contributed by atoms with E-state index in [0.717, 1.165) is 0 Å². The summed E-state index contributed by atoms with van der Waals surface area (Å²) in [6.45, 7) is 3.55. The van der Waals surface area contributed by atoms with Crippen LogP contribution >= 0.6 is 0 Å². The molecule has 0 unspecified atom stereocenters. The largest absolute Gasteiger partial charge is 0.368 e. The number of nitrogens with one attached hydrogen (secondary N) is 1. The molecule has 5 nitrogen and oxygen atoms in total. The minimum atomic E-state index is -0.623. The molecule has 1 aromatic rings. The first kappa shape index (κ1) is 12.5. The maximum atomic E-state index is 10.6. The van der Waals surface area contributed by atoms with Gasteiger partial charge in [0.15, 0.2) is 0 Å². The first-order chi connectivity index (χ1) is 7.89. The van der Waals surface area contributed by atoms with E-state index in [1.165, 1.54) is 18.2 Å². The van der Waals surface area contributed by atoms with Crippen molar-refractivity contribution in [3.05, 3.63) is 33.9 Å². The Kier molecular flexibility index (Phi) is 3.35. The quantitative estimate of drug-likeness (QED) is 0.490. The third-order valence-electron chi connectivity index (χ3n) is 2.14. The monoisotopic (exact) mass is 229 g/mol. The summed E-state index contributed by atoms with van der Waals surface area (Å²) in [6.07, 6.45) is 5.32. The predicted molar refractivity (Wildman–Crippen MR) is 64.3 cm³/mol. The summed E-state index contributed by atoms with van der Waals surface area (Å²) in [7, 11) is 0. The van der Waals surface area contributed by atoms with E-state index in [-0.39, 0.29) is 11.3 Å². The molecule has 1 N–H and O–H groups in total. The first-order valence-electron chi connectivity index (χ1n) is 4.84. The molecule has 5 heteroatoms. The van der Waals surface area contributed by atoms with Gasteiger partial charge >= 0.3 is 0 Å². The Morgan fingerprint density at radius 3 is 2.65 bits per heavy atom. The number of terminal acetylenes is 1. The highest BCUT2D eigenvalue weighted by atomic mass is 16.6. The van der Waals surface area contributed by atoms with Crippen LogP contribution < -0.4 is 5.32 Å². The summed E-state index contributed by atoms with van der Waals surface area (Å²) in [5.41, 5.74) is -0.0592. The Morgan fingerprint density at radius 2 is 2.18 bits per heavy atom. The Hall–Kier alpha value is -2.53. The van der Waals surface area contributed by atoms with Crippen molar-refractivity contribution < 1.29 is 4.92 Å². The van der Waals surface area contributed by atoms with E-state index in [1.54, 1.807) is 13.8 Å². The molecule has 0 heterocycles. The van der Waals surface area contributed by atoms with Crippen molar-refractivity contribution in [3.63, 3.8) is 0 Å². The molecule has 0 saturated heterocycles. The van der Waals surface area contributed by atoms with Crippen LogP contribution in [0.5, 0.6) is 0 Å². The standard InChI is InChI=1S/C12H11N3O2/c1-4-12(2,3)14-11-6-5-10(15(16)17)7-9(11)8-13/h1,5-7,14H,2-3H3. The second-order valence-corrected chi connectivity index (χ2v) is 3.99. The summed E-state index contributed by atoms with van der Waals surface area (Å²) in [5.74, 6) is 2.52. The van der Waals surface area contributed by atoms with Gasteiger partial charge in [0, 0.05) is 12.1 Å². The van der Waals surface area contributed by atoms with Gasteiger partial charge in [0.25, 0.3) is 5.69 Å². The Morgan fingerprint density at radius 1 is 1.53 bits per heavy atom. The Balaban J connectivity index is 3.16. The van der Waals surface area contributed by atoms with Gasteiger partial charge in [-0.3, -0.25) is 10.1 Å². The van der Waals surface area contributed by atoms with Gasteiger partial charge in [0.2, 0.25) is 0 Å². The van der Waals surface area contributed by atoms with Crippen LogP contribution in [0.4, 0.5) is 11.4 Å². The second-order valence-electron chi connectivity index (χ2n) is 3.99. The van der Waals surface area contributed by atoms with E-state index < -0.39 is 10.5 Å². The maximum absolute atomic E-state index is 10.6. The van der Waals surface area contributed by atoms with Crippen LogP contribution in [0.3, 0.4) is 0 Å². The normalized spacial score (nSPS) is 10.1. The predicted octanol–water partition coefficient (Wildman–Crippen LogP) is 2.29. The molecule has 1 aromatic carbocycles. The van der Waals surface area contributed by atoms with E-state index in [0.29, 0.717) is 5.69 Å². The molecule has 0 aliphatic rings. The molecule has 0 aliphatic heterocycles. The van der Waals surface area contributed by atoms with Crippen LogP contribution in [0.25, 0.3) is 0 Å². The van der Waals surface area contributed by atoms with E-state index in [4.69, 9.17) is 11.7 Å². The number of anilines is 1. The van der Waals surface area contributed by atoms with E-state index in [9.17, 15) is 10.1 Å². The summed E-state index contributed by atoms with van der Waals surface area (Å²) in [6, 6.07) is 5.93. The SMILES string of the molecule is C#CC(C)(C)Nc1ccc([N+](=O)[O-])cc1C#N. The second kappa shape index (κ2) is 4.54. The molecule has 0 amide bonds. The van der Waals surface area contributed by atoms with Crippen LogP contribution in [-0.4, -0.2) is 10.5 Å². The van der Waals surface area contributed by atoms with Gasteiger partial charge in [0.05, 0.1) is 21.7 Å². The molecule has 0 saturated carbocycles. The first-order valence-corrected chi connectivity index (χ1v) is 4.84. The molecular formula is C12H11N3O2. The number of nitro benzene ring substituents is 1. The topological polar surface area (TPSA) is 79.0 Å². The van der Waals surface area contributed by atoms with Gasteiger partial charge in [0.1, 0.15) is 6.07 Å². The average molecular weight is 229 g/mol. The lowest BCUT2D eigenvalue weighted by atomic mass is 10.0. The molecule has 86 valence electrons. The fraction of sp³-hybridized carbons (Fsp3) is 0.250. The van der Waals surface area contributed by atoms with Crippen molar-refractivity contribution in [1.29, 1.82) is 5.26 Å². The number of nitrogens with zero attached hydrogens (tertiary/aromatic N) is 2. The molecule has 0 spiro atoms. The van der Waals surface area contributed by atoms with Crippen molar-refractivity contribution in [2.24, 2.45) is 0 Å². The van der Waals surface area contributed by atoms with Crippen LogP contribution in [-0.2, 0) is 0 Å². The van der Waals surface area contributed by atoms with Gasteiger partial charge in [-0.15, -0.1) is 6.42 Å². The van der Waals surface area contributed by atoms with Gasteiger partial charge in [-0.1, -0.05) is 5.92 Å². The molecule has 1 rings (SSSR count).